The van der Waals surface area contributed by atoms with E-state index in [1.54, 1.807) is 0 Å². The van der Waals surface area contributed by atoms with E-state index < -0.39 is 12.0 Å². The number of carbonyl (C=O) groups excluding carboxylic acids is 1. The van der Waals surface area contributed by atoms with Crippen LogP contribution in [-0.2, 0) is 4.79 Å². The molecule has 0 aromatic rings. The lowest BCUT2D eigenvalue weighted by Gasteiger charge is -2.06. The Morgan fingerprint density at radius 3 is 2.50 bits per heavy atom. The molecule has 0 rings (SSSR count). The molecule has 0 radical (unpaired) electrons. The van der Waals surface area contributed by atoms with Crippen LogP contribution < -0.4 is 11.5 Å². The third-order valence-electron chi connectivity index (χ3n) is 1.68. The molecule has 0 bridgehead atoms. The number of carbonyl (C=O) groups is 1. The Hall–Kier alpha value is -0.610. The summed E-state index contributed by atoms with van der Waals surface area (Å²) < 4.78 is 0. The number of aliphatic hydroxyl groups excluding tert-OH is 1. The van der Waals surface area contributed by atoms with Gasteiger partial charge in [0.15, 0.2) is 0 Å². The van der Waals surface area contributed by atoms with Crippen molar-refractivity contribution in [2.24, 2.45) is 11.5 Å². The Morgan fingerprint density at radius 2 is 2.00 bits per heavy atom. The van der Waals surface area contributed by atoms with Gasteiger partial charge in [-0.25, -0.2) is 0 Å². The largest absolute Gasteiger partial charge is 0.393 e. The molecule has 0 saturated carbocycles. The standard InChI is InChI=1S/C8H18N2O2/c9-5-3-1-2-4-7(11)6-8(10)12/h7,11H,1-6,9H2,(H2,10,12). The van der Waals surface area contributed by atoms with Gasteiger partial charge in [-0.2, -0.15) is 0 Å². The molecule has 0 aliphatic rings. The van der Waals surface area contributed by atoms with Crippen LogP contribution in [-0.4, -0.2) is 23.7 Å². The summed E-state index contributed by atoms with van der Waals surface area (Å²) in [6.45, 7) is 0.686. The molecule has 0 saturated heterocycles. The summed E-state index contributed by atoms with van der Waals surface area (Å²) in [6.07, 6.45) is 3.03. The predicted octanol–water partition coefficient (Wildman–Crippen LogP) is -0.258. The zero-order valence-corrected chi connectivity index (χ0v) is 7.33. The molecule has 72 valence electrons. The van der Waals surface area contributed by atoms with Crippen molar-refractivity contribution in [1.82, 2.24) is 0 Å². The molecule has 0 aliphatic heterocycles. The van der Waals surface area contributed by atoms with Gasteiger partial charge >= 0.3 is 0 Å². The normalized spacial score (nSPS) is 12.8. The molecule has 1 unspecified atom stereocenters. The fourth-order valence-corrected chi connectivity index (χ4v) is 1.04. The summed E-state index contributed by atoms with van der Waals surface area (Å²) in [5, 5.41) is 9.19. The first-order chi connectivity index (χ1) is 5.66. The molecule has 0 aromatic heterocycles. The highest BCUT2D eigenvalue weighted by Gasteiger charge is 2.06. The molecule has 0 aliphatic carbocycles. The second-order valence-corrected chi connectivity index (χ2v) is 2.96. The molecule has 5 N–H and O–H groups in total. The highest BCUT2D eigenvalue weighted by Crippen LogP contribution is 2.05. The molecule has 4 nitrogen and oxygen atoms in total. The summed E-state index contributed by atoms with van der Waals surface area (Å²) in [5.74, 6) is -0.443. The fraction of sp³-hybridized carbons (Fsp3) is 0.875. The smallest absolute Gasteiger partial charge is 0.220 e. The number of primary amides is 1. The van der Waals surface area contributed by atoms with Crippen molar-refractivity contribution in [3.8, 4) is 0 Å². The van der Waals surface area contributed by atoms with Gasteiger partial charge in [-0.1, -0.05) is 12.8 Å². The molecule has 1 atom stereocenters. The topological polar surface area (TPSA) is 89.3 Å². The van der Waals surface area contributed by atoms with Crippen LogP contribution in [0.15, 0.2) is 0 Å². The average molecular weight is 174 g/mol. The van der Waals surface area contributed by atoms with E-state index >= 15 is 0 Å². The van der Waals surface area contributed by atoms with Crippen LogP contribution in [0.25, 0.3) is 0 Å². The monoisotopic (exact) mass is 174 g/mol. The Labute approximate surface area is 72.9 Å². The van der Waals surface area contributed by atoms with Gasteiger partial charge in [0.05, 0.1) is 12.5 Å². The highest BCUT2D eigenvalue weighted by molar-refractivity contribution is 5.74. The zero-order valence-electron chi connectivity index (χ0n) is 7.33. The molecule has 0 heterocycles. The van der Waals surface area contributed by atoms with E-state index in [2.05, 4.69) is 0 Å². The van der Waals surface area contributed by atoms with Crippen LogP contribution in [0.5, 0.6) is 0 Å². The van der Waals surface area contributed by atoms with Crippen LogP contribution >= 0.6 is 0 Å². The van der Waals surface area contributed by atoms with Crippen molar-refractivity contribution in [2.45, 2.75) is 38.2 Å². The summed E-state index contributed by atoms with van der Waals surface area (Å²) in [7, 11) is 0. The Morgan fingerprint density at radius 1 is 1.33 bits per heavy atom. The second kappa shape index (κ2) is 7.06. The Kier molecular flexibility index (Phi) is 6.70. The molecular formula is C8H18N2O2. The lowest BCUT2D eigenvalue weighted by atomic mass is 10.1. The van der Waals surface area contributed by atoms with Crippen molar-refractivity contribution in [2.75, 3.05) is 6.54 Å². The number of rotatable bonds is 7. The third kappa shape index (κ3) is 7.50. The predicted molar refractivity (Wildman–Crippen MR) is 47.3 cm³/mol. The first-order valence-corrected chi connectivity index (χ1v) is 4.33. The van der Waals surface area contributed by atoms with Gasteiger partial charge in [0.25, 0.3) is 0 Å². The van der Waals surface area contributed by atoms with Crippen molar-refractivity contribution >= 4 is 5.91 Å². The maximum atomic E-state index is 10.3. The zero-order chi connectivity index (χ0) is 9.40. The van der Waals surface area contributed by atoms with E-state index in [4.69, 9.17) is 11.5 Å². The van der Waals surface area contributed by atoms with Crippen LogP contribution in [0, 0.1) is 0 Å². The van der Waals surface area contributed by atoms with Gasteiger partial charge in [-0.05, 0) is 19.4 Å². The molecule has 1 amide bonds. The number of aliphatic hydroxyl groups is 1. The minimum absolute atomic E-state index is 0.0720. The van der Waals surface area contributed by atoms with E-state index in [0.717, 1.165) is 19.3 Å². The summed E-state index contributed by atoms with van der Waals surface area (Å²) in [6, 6.07) is 0. The number of unbranched alkanes of at least 4 members (excludes halogenated alkanes) is 2. The van der Waals surface area contributed by atoms with Gasteiger partial charge in [-0.3, -0.25) is 4.79 Å². The first-order valence-electron chi connectivity index (χ1n) is 4.33. The number of nitrogens with two attached hydrogens (primary N) is 2. The summed E-state index contributed by atoms with van der Waals surface area (Å²) in [5.41, 5.74) is 10.2. The second-order valence-electron chi connectivity index (χ2n) is 2.96. The third-order valence-corrected chi connectivity index (χ3v) is 1.68. The minimum atomic E-state index is -0.569. The van der Waals surface area contributed by atoms with E-state index in [1.165, 1.54) is 0 Å². The van der Waals surface area contributed by atoms with Crippen molar-refractivity contribution in [3.05, 3.63) is 0 Å². The average Bonchev–Trinajstić information content (AvgIpc) is 1.97. The highest BCUT2D eigenvalue weighted by atomic mass is 16.3. The molecule has 0 spiro atoms. The van der Waals surface area contributed by atoms with E-state index in [-0.39, 0.29) is 6.42 Å². The van der Waals surface area contributed by atoms with E-state index in [9.17, 15) is 9.90 Å². The van der Waals surface area contributed by atoms with Crippen molar-refractivity contribution < 1.29 is 9.90 Å². The fourth-order valence-electron chi connectivity index (χ4n) is 1.04. The van der Waals surface area contributed by atoms with Gasteiger partial charge < -0.3 is 16.6 Å². The molecule has 12 heavy (non-hydrogen) atoms. The van der Waals surface area contributed by atoms with Crippen molar-refractivity contribution in [3.63, 3.8) is 0 Å². The molecule has 0 aromatic carbocycles. The first kappa shape index (κ1) is 11.4. The number of amides is 1. The van der Waals surface area contributed by atoms with Gasteiger partial charge in [0, 0.05) is 0 Å². The lowest BCUT2D eigenvalue weighted by Crippen LogP contribution is -2.19. The van der Waals surface area contributed by atoms with Crippen LogP contribution in [0.2, 0.25) is 0 Å². The van der Waals surface area contributed by atoms with Gasteiger partial charge in [0.1, 0.15) is 0 Å². The molecular weight excluding hydrogens is 156 g/mol. The van der Waals surface area contributed by atoms with Crippen LogP contribution in [0.4, 0.5) is 0 Å². The molecule has 4 heteroatoms. The molecule has 0 fully saturated rings. The van der Waals surface area contributed by atoms with Crippen LogP contribution in [0.3, 0.4) is 0 Å². The Balaban J connectivity index is 3.19. The number of hydrogen-bond acceptors (Lipinski definition) is 3. The summed E-state index contributed by atoms with van der Waals surface area (Å²) >= 11 is 0. The minimum Gasteiger partial charge on any atom is -0.393 e. The van der Waals surface area contributed by atoms with Crippen molar-refractivity contribution in [1.29, 1.82) is 0 Å². The Bertz CT molecular complexity index is 128. The maximum Gasteiger partial charge on any atom is 0.220 e. The SMILES string of the molecule is NCCCCCC(O)CC(N)=O. The van der Waals surface area contributed by atoms with Crippen LogP contribution in [0.1, 0.15) is 32.1 Å². The van der Waals surface area contributed by atoms with E-state index in [1.807, 2.05) is 0 Å². The van der Waals surface area contributed by atoms with Gasteiger partial charge in [-0.15, -0.1) is 0 Å². The number of hydrogen-bond donors (Lipinski definition) is 3. The lowest BCUT2D eigenvalue weighted by molar-refractivity contribution is -0.119. The van der Waals surface area contributed by atoms with Gasteiger partial charge in [0.2, 0.25) is 5.91 Å². The summed E-state index contributed by atoms with van der Waals surface area (Å²) in [4.78, 5) is 10.3. The van der Waals surface area contributed by atoms with E-state index in [0.29, 0.717) is 13.0 Å². The quantitative estimate of drug-likeness (QED) is 0.464. The maximum absolute atomic E-state index is 10.3.